The van der Waals surface area contributed by atoms with Crippen LogP contribution in [-0.2, 0) is 12.8 Å². The van der Waals surface area contributed by atoms with Gasteiger partial charge in [0.2, 0.25) is 0 Å². The monoisotopic (exact) mass is 365 g/mol. The number of carbonyl (C=O) groups is 1. The Balaban J connectivity index is 1.55. The summed E-state index contributed by atoms with van der Waals surface area (Å²) in [7, 11) is 1.69. The third-order valence-corrected chi connectivity index (χ3v) is 4.41. The summed E-state index contributed by atoms with van der Waals surface area (Å²) in [5, 5.41) is 0.750. The van der Waals surface area contributed by atoms with Crippen molar-refractivity contribution in [3.63, 3.8) is 0 Å². The van der Waals surface area contributed by atoms with Crippen molar-refractivity contribution >= 4 is 23.4 Å². The molecular weight excluding hydrogens is 346 g/mol. The van der Waals surface area contributed by atoms with E-state index in [4.69, 9.17) is 16.3 Å². The van der Waals surface area contributed by atoms with Crippen molar-refractivity contribution in [1.82, 2.24) is 0 Å². The number of amides is 1. The summed E-state index contributed by atoms with van der Waals surface area (Å²) in [5.41, 5.74) is 3.22. The SMILES string of the molecule is CN(C(=O)Oc1ccc(CCc2ccc(Cl)cc2)cc1)c1ccccc1. The first-order chi connectivity index (χ1) is 12.6. The lowest BCUT2D eigenvalue weighted by Crippen LogP contribution is -2.29. The first kappa shape index (κ1) is 18.0. The number of halogens is 1. The third kappa shape index (κ3) is 4.87. The number of ether oxygens (including phenoxy) is 1. The van der Waals surface area contributed by atoms with Crippen molar-refractivity contribution in [1.29, 1.82) is 0 Å². The molecule has 0 saturated carbocycles. The van der Waals surface area contributed by atoms with E-state index >= 15 is 0 Å². The van der Waals surface area contributed by atoms with Gasteiger partial charge in [-0.25, -0.2) is 4.79 Å². The zero-order valence-corrected chi connectivity index (χ0v) is 15.3. The molecule has 3 rings (SSSR count). The van der Waals surface area contributed by atoms with Gasteiger partial charge in [0.05, 0.1) is 0 Å². The first-order valence-electron chi connectivity index (χ1n) is 8.46. The highest BCUT2D eigenvalue weighted by Crippen LogP contribution is 2.18. The van der Waals surface area contributed by atoms with Crippen molar-refractivity contribution in [2.45, 2.75) is 12.8 Å². The van der Waals surface area contributed by atoms with E-state index in [0.29, 0.717) is 5.75 Å². The fourth-order valence-electron chi connectivity index (χ4n) is 2.59. The standard InChI is InChI=1S/C22H20ClNO2/c1-24(20-5-3-2-4-6-20)22(25)26-21-15-11-18(12-16-21)8-7-17-9-13-19(23)14-10-17/h2-6,9-16H,7-8H2,1H3. The molecule has 1 amide bonds. The Bertz CT molecular complexity index is 846. The number of benzene rings is 3. The maximum absolute atomic E-state index is 12.2. The van der Waals surface area contributed by atoms with E-state index < -0.39 is 6.09 Å². The van der Waals surface area contributed by atoms with Crippen LogP contribution in [0, 0.1) is 0 Å². The Morgan fingerprint density at radius 3 is 1.96 bits per heavy atom. The number of carbonyl (C=O) groups excluding carboxylic acids is 1. The van der Waals surface area contributed by atoms with Gasteiger partial charge >= 0.3 is 6.09 Å². The van der Waals surface area contributed by atoms with Gasteiger partial charge in [0, 0.05) is 17.8 Å². The zero-order chi connectivity index (χ0) is 18.4. The minimum Gasteiger partial charge on any atom is -0.410 e. The van der Waals surface area contributed by atoms with Crippen molar-refractivity contribution < 1.29 is 9.53 Å². The van der Waals surface area contributed by atoms with E-state index in [1.807, 2.05) is 78.9 Å². The fourth-order valence-corrected chi connectivity index (χ4v) is 2.72. The predicted molar refractivity (Wildman–Crippen MR) is 106 cm³/mol. The Morgan fingerprint density at radius 2 is 1.38 bits per heavy atom. The first-order valence-corrected chi connectivity index (χ1v) is 8.83. The summed E-state index contributed by atoms with van der Waals surface area (Å²) in [5.74, 6) is 0.535. The van der Waals surface area contributed by atoms with Gasteiger partial charge in [0.1, 0.15) is 5.75 Å². The maximum atomic E-state index is 12.2. The van der Waals surface area contributed by atoms with Gasteiger partial charge in [-0.3, -0.25) is 4.90 Å². The number of hydrogen-bond acceptors (Lipinski definition) is 2. The van der Waals surface area contributed by atoms with Gasteiger partial charge in [-0.15, -0.1) is 0 Å². The largest absolute Gasteiger partial charge is 0.419 e. The molecule has 4 heteroatoms. The van der Waals surface area contributed by atoms with Crippen LogP contribution in [0.3, 0.4) is 0 Å². The number of anilines is 1. The molecule has 132 valence electrons. The summed E-state index contributed by atoms with van der Waals surface area (Å²) >= 11 is 5.90. The van der Waals surface area contributed by atoms with E-state index in [1.54, 1.807) is 7.05 Å². The summed E-state index contributed by atoms with van der Waals surface area (Å²) in [6, 6.07) is 24.9. The summed E-state index contributed by atoms with van der Waals surface area (Å²) in [6.45, 7) is 0. The van der Waals surface area contributed by atoms with Crippen LogP contribution in [-0.4, -0.2) is 13.1 Å². The normalized spacial score (nSPS) is 10.4. The lowest BCUT2D eigenvalue weighted by molar-refractivity contribution is 0.209. The average Bonchev–Trinajstić information content (AvgIpc) is 2.68. The van der Waals surface area contributed by atoms with Gasteiger partial charge in [0.15, 0.2) is 0 Å². The van der Waals surface area contributed by atoms with Gasteiger partial charge < -0.3 is 4.74 Å². The van der Waals surface area contributed by atoms with Crippen LogP contribution >= 0.6 is 11.6 Å². The van der Waals surface area contributed by atoms with Crippen LogP contribution in [0.1, 0.15) is 11.1 Å². The Morgan fingerprint density at radius 1 is 0.846 bits per heavy atom. The molecule has 26 heavy (non-hydrogen) atoms. The van der Waals surface area contributed by atoms with Gasteiger partial charge in [-0.2, -0.15) is 0 Å². The molecule has 0 unspecified atom stereocenters. The summed E-state index contributed by atoms with van der Waals surface area (Å²) < 4.78 is 5.43. The minimum absolute atomic E-state index is 0.412. The van der Waals surface area contributed by atoms with Crippen LogP contribution in [0.4, 0.5) is 10.5 Å². The molecule has 0 saturated heterocycles. The molecule has 0 heterocycles. The summed E-state index contributed by atoms with van der Waals surface area (Å²) in [6.07, 6.45) is 1.44. The molecule has 0 atom stereocenters. The lowest BCUT2D eigenvalue weighted by Gasteiger charge is -2.16. The van der Waals surface area contributed by atoms with Crippen LogP contribution in [0.5, 0.6) is 5.75 Å². The van der Waals surface area contributed by atoms with Gasteiger partial charge in [0.25, 0.3) is 0 Å². The molecule has 0 aliphatic heterocycles. The van der Waals surface area contributed by atoms with Crippen molar-refractivity contribution in [2.75, 3.05) is 11.9 Å². The van der Waals surface area contributed by atoms with Crippen molar-refractivity contribution in [3.8, 4) is 5.75 Å². The molecule has 0 aromatic heterocycles. The Labute approximate surface area is 158 Å². The van der Waals surface area contributed by atoms with Crippen LogP contribution in [0.2, 0.25) is 5.02 Å². The number of aryl methyl sites for hydroxylation is 2. The topological polar surface area (TPSA) is 29.5 Å². The number of para-hydroxylation sites is 1. The van der Waals surface area contributed by atoms with E-state index in [2.05, 4.69) is 0 Å². The number of rotatable bonds is 5. The van der Waals surface area contributed by atoms with Gasteiger partial charge in [-0.1, -0.05) is 54.1 Å². The second-order valence-corrected chi connectivity index (χ2v) is 6.47. The maximum Gasteiger partial charge on any atom is 0.419 e. The molecule has 0 fully saturated rings. The van der Waals surface area contributed by atoms with Gasteiger partial charge in [-0.05, 0) is 60.4 Å². The van der Waals surface area contributed by atoms with Crippen LogP contribution in [0.15, 0.2) is 78.9 Å². The third-order valence-electron chi connectivity index (χ3n) is 4.16. The molecule has 0 bridgehead atoms. The molecule has 0 radical (unpaired) electrons. The highest BCUT2D eigenvalue weighted by molar-refractivity contribution is 6.30. The van der Waals surface area contributed by atoms with E-state index in [9.17, 15) is 4.79 Å². The highest BCUT2D eigenvalue weighted by atomic mass is 35.5. The molecule has 3 aromatic rings. The Hall–Kier alpha value is -2.78. The number of nitrogens with zero attached hydrogens (tertiary/aromatic N) is 1. The van der Waals surface area contributed by atoms with Crippen molar-refractivity contribution in [2.24, 2.45) is 0 Å². The van der Waals surface area contributed by atoms with Crippen molar-refractivity contribution in [3.05, 3.63) is 95.0 Å². The van der Waals surface area contributed by atoms with E-state index in [1.165, 1.54) is 16.0 Å². The second kappa shape index (κ2) is 8.54. The molecule has 0 spiro atoms. The lowest BCUT2D eigenvalue weighted by atomic mass is 10.0. The van der Waals surface area contributed by atoms with Crippen LogP contribution in [0.25, 0.3) is 0 Å². The minimum atomic E-state index is -0.412. The highest BCUT2D eigenvalue weighted by Gasteiger charge is 2.12. The zero-order valence-electron chi connectivity index (χ0n) is 14.6. The average molecular weight is 366 g/mol. The second-order valence-electron chi connectivity index (χ2n) is 6.03. The number of hydrogen-bond donors (Lipinski definition) is 0. The predicted octanol–water partition coefficient (Wildman–Crippen LogP) is 5.76. The molecular formula is C22H20ClNO2. The van der Waals surface area contributed by atoms with Crippen LogP contribution < -0.4 is 9.64 Å². The van der Waals surface area contributed by atoms with E-state index in [-0.39, 0.29) is 0 Å². The van der Waals surface area contributed by atoms with E-state index in [0.717, 1.165) is 23.6 Å². The molecule has 0 aliphatic rings. The molecule has 3 nitrogen and oxygen atoms in total. The Kier molecular flexibility index (Phi) is 5.92. The molecule has 3 aromatic carbocycles. The fraction of sp³-hybridized carbons (Fsp3) is 0.136. The molecule has 0 N–H and O–H groups in total. The summed E-state index contributed by atoms with van der Waals surface area (Å²) in [4.78, 5) is 13.7. The molecule has 0 aliphatic carbocycles. The quantitative estimate of drug-likeness (QED) is 0.575. The smallest absolute Gasteiger partial charge is 0.410 e.